The van der Waals surface area contributed by atoms with Gasteiger partial charge in [0.25, 0.3) is 5.91 Å². The number of hydrogen-bond acceptors (Lipinski definition) is 3. The Kier molecular flexibility index (Phi) is 4.28. The summed E-state index contributed by atoms with van der Waals surface area (Å²) in [5.74, 6) is 5.33. The Morgan fingerprint density at radius 1 is 1.10 bits per heavy atom. The molecule has 116 valence electrons. The molecule has 4 N–H and O–H groups in total. The fourth-order valence-electron chi connectivity index (χ4n) is 3.93. The van der Waals surface area contributed by atoms with Gasteiger partial charge < -0.3 is 10.7 Å². The van der Waals surface area contributed by atoms with E-state index in [9.17, 15) is 4.79 Å². The van der Waals surface area contributed by atoms with Crippen LogP contribution in [0.5, 0.6) is 0 Å². The van der Waals surface area contributed by atoms with Crippen molar-refractivity contribution in [1.82, 2.24) is 5.32 Å². The van der Waals surface area contributed by atoms with Gasteiger partial charge in [-0.15, -0.1) is 0 Å². The van der Waals surface area contributed by atoms with Crippen LogP contribution in [0.25, 0.3) is 0 Å². The first-order valence-electron chi connectivity index (χ1n) is 7.58. The molecule has 1 saturated carbocycles. The molecule has 0 saturated heterocycles. The van der Waals surface area contributed by atoms with Crippen molar-refractivity contribution in [2.24, 2.45) is 16.7 Å². The van der Waals surface area contributed by atoms with Crippen molar-refractivity contribution in [3.63, 3.8) is 0 Å². The molecule has 1 aromatic carbocycles. The van der Waals surface area contributed by atoms with E-state index in [1.54, 1.807) is 12.1 Å². The van der Waals surface area contributed by atoms with Crippen LogP contribution < -0.4 is 16.6 Å². The Morgan fingerprint density at radius 3 is 2.10 bits per heavy atom. The van der Waals surface area contributed by atoms with Gasteiger partial charge in [-0.1, -0.05) is 27.7 Å². The highest BCUT2D eigenvalue weighted by Crippen LogP contribution is 2.45. The summed E-state index contributed by atoms with van der Waals surface area (Å²) >= 11 is 0. The van der Waals surface area contributed by atoms with Crippen LogP contribution in [0.15, 0.2) is 24.3 Å². The number of anilines is 1. The lowest BCUT2D eigenvalue weighted by Crippen LogP contribution is -2.46. The van der Waals surface area contributed by atoms with Crippen LogP contribution in [-0.4, -0.2) is 11.9 Å². The highest BCUT2D eigenvalue weighted by molar-refractivity contribution is 5.94. The first-order valence-corrected chi connectivity index (χ1v) is 7.58. The van der Waals surface area contributed by atoms with Gasteiger partial charge in [0.15, 0.2) is 0 Å². The highest BCUT2D eigenvalue weighted by atomic mass is 16.1. The van der Waals surface area contributed by atoms with Gasteiger partial charge >= 0.3 is 0 Å². The standard InChI is InChI=1S/C17H27N3O/c1-16(2)9-14(10-17(3,4)11-16)19-15(21)12-5-7-13(20-18)8-6-12/h5-8,14,20H,9-11,18H2,1-4H3,(H,19,21). The molecular formula is C17H27N3O. The highest BCUT2D eigenvalue weighted by Gasteiger charge is 2.38. The summed E-state index contributed by atoms with van der Waals surface area (Å²) in [6.45, 7) is 9.15. The first-order chi connectivity index (χ1) is 9.71. The van der Waals surface area contributed by atoms with E-state index in [1.165, 1.54) is 6.42 Å². The molecule has 0 aliphatic heterocycles. The summed E-state index contributed by atoms with van der Waals surface area (Å²) in [4.78, 5) is 12.4. The van der Waals surface area contributed by atoms with Crippen LogP contribution >= 0.6 is 0 Å². The maximum atomic E-state index is 12.4. The number of carbonyl (C=O) groups excluding carboxylic acids is 1. The van der Waals surface area contributed by atoms with Crippen molar-refractivity contribution in [3.05, 3.63) is 29.8 Å². The molecule has 4 heteroatoms. The number of nitrogens with two attached hydrogens (primary N) is 1. The monoisotopic (exact) mass is 289 g/mol. The van der Waals surface area contributed by atoms with Crippen LogP contribution in [0.1, 0.15) is 57.3 Å². The van der Waals surface area contributed by atoms with Crippen molar-refractivity contribution in [3.8, 4) is 0 Å². The van der Waals surface area contributed by atoms with Crippen LogP contribution in [0.2, 0.25) is 0 Å². The normalized spacial score (nSPS) is 20.8. The van der Waals surface area contributed by atoms with E-state index in [4.69, 9.17) is 5.84 Å². The molecule has 0 aromatic heterocycles. The van der Waals surface area contributed by atoms with Crippen LogP contribution in [0.4, 0.5) is 5.69 Å². The molecule has 0 bridgehead atoms. The molecule has 0 heterocycles. The predicted molar refractivity (Wildman–Crippen MR) is 86.9 cm³/mol. The van der Waals surface area contributed by atoms with E-state index >= 15 is 0 Å². The zero-order valence-electron chi connectivity index (χ0n) is 13.5. The molecule has 21 heavy (non-hydrogen) atoms. The molecule has 1 aliphatic rings. The number of hydrogen-bond donors (Lipinski definition) is 3. The summed E-state index contributed by atoms with van der Waals surface area (Å²) in [5, 5.41) is 3.19. The van der Waals surface area contributed by atoms with Gasteiger partial charge in [0.2, 0.25) is 0 Å². The van der Waals surface area contributed by atoms with Crippen LogP contribution in [-0.2, 0) is 0 Å². The van der Waals surface area contributed by atoms with E-state index in [2.05, 4.69) is 38.4 Å². The van der Waals surface area contributed by atoms with Crippen molar-refractivity contribution in [2.45, 2.75) is 53.0 Å². The van der Waals surface area contributed by atoms with Crippen molar-refractivity contribution in [1.29, 1.82) is 0 Å². The molecule has 1 fully saturated rings. The lowest BCUT2D eigenvalue weighted by atomic mass is 9.63. The quantitative estimate of drug-likeness (QED) is 0.591. The van der Waals surface area contributed by atoms with E-state index in [-0.39, 0.29) is 22.8 Å². The molecule has 2 rings (SSSR count). The number of carbonyl (C=O) groups is 1. The van der Waals surface area contributed by atoms with Gasteiger partial charge in [-0.3, -0.25) is 10.6 Å². The third kappa shape index (κ3) is 4.21. The zero-order chi connectivity index (χ0) is 15.7. The lowest BCUT2D eigenvalue weighted by Gasteiger charge is -2.45. The number of nitrogens with one attached hydrogen (secondary N) is 2. The van der Waals surface area contributed by atoms with Gasteiger partial charge in [-0.2, -0.15) is 0 Å². The van der Waals surface area contributed by atoms with Crippen molar-refractivity contribution < 1.29 is 4.79 Å². The van der Waals surface area contributed by atoms with Gasteiger partial charge in [-0.25, -0.2) is 0 Å². The Balaban J connectivity index is 2.04. The fourth-order valence-corrected chi connectivity index (χ4v) is 3.93. The smallest absolute Gasteiger partial charge is 0.251 e. The molecule has 4 nitrogen and oxygen atoms in total. The summed E-state index contributed by atoms with van der Waals surface area (Å²) < 4.78 is 0. The number of amides is 1. The summed E-state index contributed by atoms with van der Waals surface area (Å²) in [6, 6.07) is 7.45. The summed E-state index contributed by atoms with van der Waals surface area (Å²) in [7, 11) is 0. The molecule has 1 amide bonds. The minimum absolute atomic E-state index is 0.00271. The zero-order valence-corrected chi connectivity index (χ0v) is 13.5. The first kappa shape index (κ1) is 15.8. The van der Waals surface area contributed by atoms with Crippen molar-refractivity contribution >= 4 is 11.6 Å². The third-order valence-corrected chi connectivity index (χ3v) is 4.20. The topological polar surface area (TPSA) is 67.2 Å². The Labute approximate surface area is 127 Å². The molecular weight excluding hydrogens is 262 g/mol. The Morgan fingerprint density at radius 2 is 1.62 bits per heavy atom. The average molecular weight is 289 g/mol. The van der Waals surface area contributed by atoms with Crippen LogP contribution in [0.3, 0.4) is 0 Å². The van der Waals surface area contributed by atoms with E-state index in [1.807, 2.05) is 12.1 Å². The van der Waals surface area contributed by atoms with E-state index < -0.39 is 0 Å². The van der Waals surface area contributed by atoms with Gasteiger partial charge in [0, 0.05) is 17.3 Å². The maximum absolute atomic E-state index is 12.4. The molecule has 0 unspecified atom stereocenters. The average Bonchev–Trinajstić information content (AvgIpc) is 2.35. The van der Waals surface area contributed by atoms with Gasteiger partial charge in [-0.05, 0) is 54.4 Å². The molecule has 1 aromatic rings. The number of rotatable bonds is 3. The molecule has 0 spiro atoms. The number of nitrogen functional groups attached to an aromatic ring is 1. The Hall–Kier alpha value is -1.55. The minimum atomic E-state index is -0.00271. The molecule has 0 atom stereocenters. The number of benzene rings is 1. The second-order valence-corrected chi connectivity index (χ2v) is 7.81. The predicted octanol–water partition coefficient (Wildman–Crippen LogP) is 3.31. The van der Waals surface area contributed by atoms with E-state index in [0.29, 0.717) is 5.56 Å². The van der Waals surface area contributed by atoms with Gasteiger partial charge in [0.1, 0.15) is 0 Å². The van der Waals surface area contributed by atoms with Crippen molar-refractivity contribution in [2.75, 3.05) is 5.43 Å². The second-order valence-electron chi connectivity index (χ2n) is 7.81. The third-order valence-electron chi connectivity index (χ3n) is 4.20. The van der Waals surface area contributed by atoms with E-state index in [0.717, 1.165) is 18.5 Å². The summed E-state index contributed by atoms with van der Waals surface area (Å²) in [5.41, 5.74) is 4.58. The SMILES string of the molecule is CC1(C)CC(NC(=O)c2ccc(NN)cc2)CC(C)(C)C1. The van der Waals surface area contributed by atoms with Gasteiger partial charge in [0.05, 0.1) is 0 Å². The van der Waals surface area contributed by atoms with Crippen LogP contribution in [0, 0.1) is 10.8 Å². The minimum Gasteiger partial charge on any atom is -0.349 e. The second kappa shape index (κ2) is 5.68. The number of hydrazine groups is 1. The lowest BCUT2D eigenvalue weighted by molar-refractivity contribution is 0.0713. The summed E-state index contributed by atoms with van der Waals surface area (Å²) in [6.07, 6.45) is 3.26. The molecule has 1 aliphatic carbocycles. The Bertz CT molecular complexity index is 489. The molecule has 0 radical (unpaired) electrons. The largest absolute Gasteiger partial charge is 0.349 e. The maximum Gasteiger partial charge on any atom is 0.251 e. The fraction of sp³-hybridized carbons (Fsp3) is 0.588.